The minimum Gasteiger partial charge on any atom is -0.465 e. The summed E-state index contributed by atoms with van der Waals surface area (Å²) in [5.41, 5.74) is 3.53. The van der Waals surface area contributed by atoms with Crippen molar-refractivity contribution in [2.45, 2.75) is 84.0 Å². The molecule has 0 unspecified atom stereocenters. The molecule has 2 amide bonds. The van der Waals surface area contributed by atoms with Crippen molar-refractivity contribution in [1.82, 2.24) is 10.7 Å². The zero-order valence-electron chi connectivity index (χ0n) is 19.7. The maximum Gasteiger partial charge on any atom is 0.337 e. The molecule has 0 spiro atoms. The molecule has 1 aromatic carbocycles. The van der Waals surface area contributed by atoms with E-state index in [-0.39, 0.29) is 18.4 Å². The fraction of sp³-hybridized carbons (Fsp3) is 0.600. The number of carbonyl (C=O) groups is 3. The van der Waals surface area contributed by atoms with Crippen molar-refractivity contribution in [3.63, 3.8) is 0 Å². The molecule has 0 radical (unpaired) electrons. The summed E-state index contributed by atoms with van der Waals surface area (Å²) in [6, 6.07) is 6.61. The quantitative estimate of drug-likeness (QED) is 0.157. The lowest BCUT2D eigenvalue weighted by Crippen LogP contribution is -2.34. The van der Waals surface area contributed by atoms with Crippen LogP contribution in [0, 0.1) is 0 Å². The van der Waals surface area contributed by atoms with Gasteiger partial charge in [0, 0.05) is 6.42 Å². The molecule has 32 heavy (non-hydrogen) atoms. The number of nitrogens with zero attached hydrogens (tertiary/aromatic N) is 1. The first-order chi connectivity index (χ1) is 15.6. The van der Waals surface area contributed by atoms with Gasteiger partial charge in [0.1, 0.15) is 0 Å². The van der Waals surface area contributed by atoms with Crippen LogP contribution in [0.3, 0.4) is 0 Å². The summed E-state index contributed by atoms with van der Waals surface area (Å²) in [6.07, 6.45) is 15.5. The van der Waals surface area contributed by atoms with E-state index >= 15 is 0 Å². The number of hydrazone groups is 1. The largest absolute Gasteiger partial charge is 0.465 e. The van der Waals surface area contributed by atoms with Gasteiger partial charge in [-0.25, -0.2) is 10.2 Å². The average Bonchev–Trinajstić information content (AvgIpc) is 2.81. The molecule has 0 aliphatic heterocycles. The topological polar surface area (TPSA) is 96.9 Å². The zero-order chi connectivity index (χ0) is 23.4. The average molecular weight is 446 g/mol. The van der Waals surface area contributed by atoms with Gasteiger partial charge in [0.05, 0.1) is 25.4 Å². The molecule has 0 fully saturated rings. The van der Waals surface area contributed by atoms with E-state index < -0.39 is 5.97 Å². The van der Waals surface area contributed by atoms with Gasteiger partial charge in [0.2, 0.25) is 5.91 Å². The predicted octanol–water partition coefficient (Wildman–Crippen LogP) is 4.74. The van der Waals surface area contributed by atoms with Crippen LogP contribution in [0.4, 0.5) is 0 Å². The number of ether oxygens (including phenoxy) is 1. The third-order valence-corrected chi connectivity index (χ3v) is 5.19. The van der Waals surface area contributed by atoms with E-state index in [9.17, 15) is 14.4 Å². The molecule has 0 aliphatic carbocycles. The minimum absolute atomic E-state index is 0.102. The van der Waals surface area contributed by atoms with Crippen LogP contribution >= 0.6 is 0 Å². The summed E-state index contributed by atoms with van der Waals surface area (Å²) >= 11 is 0. The van der Waals surface area contributed by atoms with Crippen LogP contribution in [-0.2, 0) is 14.3 Å². The van der Waals surface area contributed by atoms with Gasteiger partial charge in [-0.3, -0.25) is 9.59 Å². The predicted molar refractivity (Wildman–Crippen MR) is 128 cm³/mol. The van der Waals surface area contributed by atoms with Gasteiger partial charge in [-0.05, 0) is 24.1 Å². The lowest BCUT2D eigenvalue weighted by Gasteiger charge is -2.05. The van der Waals surface area contributed by atoms with Gasteiger partial charge in [0.15, 0.2) is 0 Å². The molecule has 0 aromatic heterocycles. The number of hydrogen-bond donors (Lipinski definition) is 2. The van der Waals surface area contributed by atoms with Gasteiger partial charge >= 0.3 is 5.97 Å². The van der Waals surface area contributed by atoms with Crippen LogP contribution in [0.25, 0.3) is 0 Å². The summed E-state index contributed by atoms with van der Waals surface area (Å²) in [6.45, 7) is 2.14. The number of esters is 1. The number of methoxy groups -OCH3 is 1. The highest BCUT2D eigenvalue weighted by molar-refractivity contribution is 5.91. The Morgan fingerprint density at radius 2 is 1.41 bits per heavy atom. The maximum absolute atomic E-state index is 11.8. The molecular formula is C25H39N3O4. The Labute approximate surface area is 192 Å². The molecule has 2 N–H and O–H groups in total. The van der Waals surface area contributed by atoms with Gasteiger partial charge in [-0.1, -0.05) is 83.3 Å². The summed E-state index contributed by atoms with van der Waals surface area (Å²) in [5, 5.41) is 6.47. The monoisotopic (exact) mass is 445 g/mol. The Kier molecular flexibility index (Phi) is 15.3. The summed E-state index contributed by atoms with van der Waals surface area (Å²) in [5.74, 6) is -0.913. The molecule has 0 atom stereocenters. The molecular weight excluding hydrogens is 406 g/mol. The Morgan fingerprint density at radius 3 is 1.97 bits per heavy atom. The molecule has 0 aliphatic rings. The van der Waals surface area contributed by atoms with Crippen LogP contribution < -0.4 is 10.7 Å². The van der Waals surface area contributed by atoms with Crippen LogP contribution in [0.1, 0.15) is 99.9 Å². The highest BCUT2D eigenvalue weighted by atomic mass is 16.5. The molecule has 0 saturated heterocycles. The Hall–Kier alpha value is -2.70. The number of benzene rings is 1. The maximum atomic E-state index is 11.8. The number of carbonyl (C=O) groups excluding carboxylic acids is 3. The van der Waals surface area contributed by atoms with Crippen molar-refractivity contribution in [1.29, 1.82) is 0 Å². The van der Waals surface area contributed by atoms with E-state index in [0.29, 0.717) is 12.0 Å². The van der Waals surface area contributed by atoms with Crippen molar-refractivity contribution in [2.75, 3.05) is 13.7 Å². The number of nitrogens with one attached hydrogen (secondary N) is 2. The normalized spacial score (nSPS) is 10.8. The number of unbranched alkanes of at least 4 members (excludes halogenated alkanes) is 10. The van der Waals surface area contributed by atoms with Gasteiger partial charge in [0.25, 0.3) is 5.91 Å². The standard InChI is InChI=1S/C25H39N3O4/c1-3-4-5-6-7-8-9-10-11-12-13-14-23(29)26-20-24(30)28-27-19-21-15-17-22(18-16-21)25(31)32-2/h15-19H,3-14,20H2,1-2H3,(H,26,29)(H,28,30)/b27-19-. The van der Waals surface area contributed by atoms with E-state index in [0.717, 1.165) is 24.8 Å². The van der Waals surface area contributed by atoms with Crippen molar-refractivity contribution in [3.8, 4) is 0 Å². The number of rotatable bonds is 17. The lowest BCUT2D eigenvalue weighted by atomic mass is 10.1. The van der Waals surface area contributed by atoms with Crippen molar-refractivity contribution in [3.05, 3.63) is 35.4 Å². The molecule has 7 nitrogen and oxygen atoms in total. The highest BCUT2D eigenvalue weighted by Gasteiger charge is 2.05. The summed E-state index contributed by atoms with van der Waals surface area (Å²) in [4.78, 5) is 35.0. The minimum atomic E-state index is -0.411. The van der Waals surface area contributed by atoms with Crippen LogP contribution in [-0.4, -0.2) is 37.7 Å². The van der Waals surface area contributed by atoms with E-state index in [2.05, 4.69) is 27.5 Å². The van der Waals surface area contributed by atoms with Crippen molar-refractivity contribution >= 4 is 24.0 Å². The first-order valence-electron chi connectivity index (χ1n) is 11.8. The van der Waals surface area contributed by atoms with Crippen LogP contribution in [0.2, 0.25) is 0 Å². The van der Waals surface area contributed by atoms with E-state index in [1.165, 1.54) is 64.7 Å². The van der Waals surface area contributed by atoms with E-state index in [1.807, 2.05) is 0 Å². The van der Waals surface area contributed by atoms with Gasteiger partial charge < -0.3 is 10.1 Å². The molecule has 0 saturated carbocycles. The Bertz CT molecular complexity index is 702. The first-order valence-corrected chi connectivity index (χ1v) is 11.8. The molecule has 1 rings (SSSR count). The summed E-state index contributed by atoms with van der Waals surface area (Å²) in [7, 11) is 1.32. The molecule has 0 heterocycles. The third kappa shape index (κ3) is 13.6. The summed E-state index contributed by atoms with van der Waals surface area (Å²) < 4.78 is 4.64. The number of hydrogen-bond acceptors (Lipinski definition) is 5. The third-order valence-electron chi connectivity index (χ3n) is 5.19. The Morgan fingerprint density at radius 1 is 0.844 bits per heavy atom. The fourth-order valence-corrected chi connectivity index (χ4v) is 3.26. The van der Waals surface area contributed by atoms with E-state index in [1.54, 1.807) is 24.3 Å². The molecule has 1 aromatic rings. The molecule has 0 bridgehead atoms. The Balaban J connectivity index is 2.04. The van der Waals surface area contributed by atoms with Crippen LogP contribution in [0.15, 0.2) is 29.4 Å². The smallest absolute Gasteiger partial charge is 0.337 e. The second-order valence-corrected chi connectivity index (χ2v) is 7.97. The number of amides is 2. The first kappa shape index (κ1) is 27.3. The van der Waals surface area contributed by atoms with Crippen LogP contribution in [0.5, 0.6) is 0 Å². The van der Waals surface area contributed by atoms with Gasteiger partial charge in [-0.2, -0.15) is 5.10 Å². The van der Waals surface area contributed by atoms with Gasteiger partial charge in [-0.15, -0.1) is 0 Å². The SMILES string of the molecule is CCCCCCCCCCCCCC(=O)NCC(=O)N/N=C\c1ccc(C(=O)OC)cc1. The van der Waals surface area contributed by atoms with E-state index in [4.69, 9.17) is 0 Å². The van der Waals surface area contributed by atoms with Crippen molar-refractivity contribution in [2.24, 2.45) is 5.10 Å². The highest BCUT2D eigenvalue weighted by Crippen LogP contribution is 2.11. The molecule has 178 valence electrons. The second-order valence-electron chi connectivity index (χ2n) is 7.97. The lowest BCUT2D eigenvalue weighted by molar-refractivity contribution is -0.126. The molecule has 7 heteroatoms. The fourth-order valence-electron chi connectivity index (χ4n) is 3.26. The second kappa shape index (κ2) is 17.9. The zero-order valence-corrected chi connectivity index (χ0v) is 19.7. The van der Waals surface area contributed by atoms with Crippen molar-refractivity contribution < 1.29 is 19.1 Å².